The van der Waals surface area contributed by atoms with E-state index < -0.39 is 29.6 Å². The number of benzene rings is 2. The van der Waals surface area contributed by atoms with Gasteiger partial charge in [0.05, 0.1) is 17.7 Å². The summed E-state index contributed by atoms with van der Waals surface area (Å²) in [6, 6.07) is 7.40. The molecule has 2 amide bonds. The minimum absolute atomic E-state index is 0.0259. The summed E-state index contributed by atoms with van der Waals surface area (Å²) in [5.41, 5.74) is 5.05. The van der Waals surface area contributed by atoms with E-state index in [-0.39, 0.29) is 12.0 Å². The van der Waals surface area contributed by atoms with E-state index in [9.17, 15) is 22.8 Å². The van der Waals surface area contributed by atoms with Gasteiger partial charge in [0, 0.05) is 12.0 Å². The van der Waals surface area contributed by atoms with Gasteiger partial charge in [-0.05, 0) is 42.0 Å². The highest BCUT2D eigenvalue weighted by atomic mass is 35.5. The highest BCUT2D eigenvalue weighted by Crippen LogP contribution is 2.29. The molecular formula is C18H16ClF3N2O3. The molecule has 9 heteroatoms. The van der Waals surface area contributed by atoms with Crippen LogP contribution in [0.3, 0.4) is 0 Å². The molecule has 0 aliphatic rings. The van der Waals surface area contributed by atoms with Crippen molar-refractivity contribution < 1.29 is 27.5 Å². The summed E-state index contributed by atoms with van der Waals surface area (Å²) in [6.07, 6.45) is -4.44. The summed E-state index contributed by atoms with van der Waals surface area (Å²) in [7, 11) is 1.46. The van der Waals surface area contributed by atoms with Gasteiger partial charge in [-0.3, -0.25) is 9.59 Å². The van der Waals surface area contributed by atoms with Crippen LogP contribution in [0.25, 0.3) is 0 Å². The van der Waals surface area contributed by atoms with Crippen LogP contribution >= 0.6 is 11.6 Å². The maximum Gasteiger partial charge on any atom is 0.416 e. The molecule has 0 bridgehead atoms. The third-order valence-electron chi connectivity index (χ3n) is 3.78. The Bertz CT molecular complexity index is 839. The van der Waals surface area contributed by atoms with E-state index in [4.69, 9.17) is 22.1 Å². The van der Waals surface area contributed by atoms with Crippen molar-refractivity contribution in [1.82, 2.24) is 5.32 Å². The molecule has 2 aromatic carbocycles. The zero-order valence-corrected chi connectivity index (χ0v) is 14.9. The standard InChI is InChI=1S/C18H16ClF3N2O3/c1-27-15-7-2-10(8-13(15)19)9-14(16(23)25)24-17(26)11-3-5-12(6-4-11)18(20,21)22/h2-8,14H,9H2,1H3,(H2,23,25)(H,24,26)/t14-/m0/s1. The lowest BCUT2D eigenvalue weighted by atomic mass is 10.0. The molecule has 0 aromatic heterocycles. The SMILES string of the molecule is COc1ccc(C[C@H](NC(=O)c2ccc(C(F)(F)F)cc2)C(N)=O)cc1Cl. The summed E-state index contributed by atoms with van der Waals surface area (Å²) >= 11 is 6.03. The van der Waals surface area contributed by atoms with E-state index in [0.29, 0.717) is 16.3 Å². The third-order valence-corrected chi connectivity index (χ3v) is 4.07. The number of alkyl halides is 3. The third kappa shape index (κ3) is 5.37. The second kappa shape index (κ2) is 8.30. The molecule has 1 atom stereocenters. The highest BCUT2D eigenvalue weighted by Gasteiger charge is 2.30. The predicted molar refractivity (Wildman–Crippen MR) is 93.6 cm³/mol. The minimum atomic E-state index is -4.50. The van der Waals surface area contributed by atoms with Gasteiger partial charge in [0.25, 0.3) is 5.91 Å². The van der Waals surface area contributed by atoms with Gasteiger partial charge in [-0.1, -0.05) is 17.7 Å². The lowest BCUT2D eigenvalue weighted by Crippen LogP contribution is -2.45. The zero-order valence-electron chi connectivity index (χ0n) is 14.1. The van der Waals surface area contributed by atoms with Crippen LogP contribution in [0.15, 0.2) is 42.5 Å². The van der Waals surface area contributed by atoms with Crippen molar-refractivity contribution in [2.45, 2.75) is 18.6 Å². The second-order valence-corrected chi connectivity index (χ2v) is 6.08. The van der Waals surface area contributed by atoms with E-state index >= 15 is 0 Å². The molecule has 5 nitrogen and oxygen atoms in total. The highest BCUT2D eigenvalue weighted by molar-refractivity contribution is 6.32. The molecule has 0 fully saturated rings. The fraction of sp³-hybridized carbons (Fsp3) is 0.222. The molecule has 144 valence electrons. The van der Waals surface area contributed by atoms with Crippen molar-refractivity contribution in [3.05, 3.63) is 64.2 Å². The number of hydrogen-bond acceptors (Lipinski definition) is 3. The van der Waals surface area contributed by atoms with Gasteiger partial charge in [0.1, 0.15) is 11.8 Å². The molecule has 3 N–H and O–H groups in total. The summed E-state index contributed by atoms with van der Waals surface area (Å²) < 4.78 is 42.8. The van der Waals surface area contributed by atoms with Crippen molar-refractivity contribution in [2.75, 3.05) is 7.11 Å². The van der Waals surface area contributed by atoms with E-state index in [2.05, 4.69) is 5.32 Å². The zero-order chi connectivity index (χ0) is 20.2. The van der Waals surface area contributed by atoms with Crippen LogP contribution in [0.2, 0.25) is 5.02 Å². The Labute approximate surface area is 158 Å². The Kier molecular flexibility index (Phi) is 6.32. The number of nitrogens with one attached hydrogen (secondary N) is 1. The number of rotatable bonds is 6. The van der Waals surface area contributed by atoms with Crippen LogP contribution in [0.1, 0.15) is 21.5 Å². The average molecular weight is 401 g/mol. The number of primary amides is 1. The molecule has 0 spiro atoms. The number of ether oxygens (including phenoxy) is 1. The first-order valence-electron chi connectivity index (χ1n) is 7.71. The van der Waals surface area contributed by atoms with Crippen molar-refractivity contribution in [2.24, 2.45) is 5.73 Å². The summed E-state index contributed by atoms with van der Waals surface area (Å²) in [5.74, 6) is -1.06. The minimum Gasteiger partial charge on any atom is -0.495 e. The van der Waals surface area contributed by atoms with Gasteiger partial charge in [-0.2, -0.15) is 13.2 Å². The smallest absolute Gasteiger partial charge is 0.416 e. The first-order valence-corrected chi connectivity index (χ1v) is 8.09. The molecule has 0 saturated heterocycles. The van der Waals surface area contributed by atoms with Crippen LogP contribution in [-0.2, 0) is 17.4 Å². The largest absolute Gasteiger partial charge is 0.495 e. The molecule has 0 heterocycles. The first-order chi connectivity index (χ1) is 12.6. The normalized spacial score (nSPS) is 12.3. The molecule has 2 aromatic rings. The van der Waals surface area contributed by atoms with E-state index in [1.165, 1.54) is 7.11 Å². The quantitative estimate of drug-likeness (QED) is 0.781. The average Bonchev–Trinajstić information content (AvgIpc) is 2.60. The lowest BCUT2D eigenvalue weighted by Gasteiger charge is -2.16. The Hall–Kier alpha value is -2.74. The summed E-state index contributed by atoms with van der Waals surface area (Å²) in [4.78, 5) is 23.9. The Balaban J connectivity index is 2.12. The molecule has 27 heavy (non-hydrogen) atoms. The van der Waals surface area contributed by atoms with Crippen molar-refractivity contribution >= 4 is 23.4 Å². The predicted octanol–water partition coefficient (Wildman–Crippen LogP) is 3.19. The lowest BCUT2D eigenvalue weighted by molar-refractivity contribution is -0.137. The summed E-state index contributed by atoms with van der Waals surface area (Å²) in [6.45, 7) is 0. The van der Waals surface area contributed by atoms with Crippen LogP contribution in [0, 0.1) is 0 Å². The van der Waals surface area contributed by atoms with Gasteiger partial charge < -0.3 is 15.8 Å². The van der Waals surface area contributed by atoms with Crippen LogP contribution in [0.5, 0.6) is 5.75 Å². The Morgan fingerprint density at radius 3 is 2.30 bits per heavy atom. The van der Waals surface area contributed by atoms with Crippen molar-refractivity contribution in [1.29, 1.82) is 0 Å². The van der Waals surface area contributed by atoms with Crippen molar-refractivity contribution in [3.8, 4) is 5.75 Å². The maximum absolute atomic E-state index is 12.6. The Morgan fingerprint density at radius 2 is 1.81 bits per heavy atom. The number of carbonyl (C=O) groups is 2. The van der Waals surface area contributed by atoms with E-state index in [0.717, 1.165) is 24.3 Å². The van der Waals surface area contributed by atoms with Crippen LogP contribution in [-0.4, -0.2) is 25.0 Å². The molecule has 2 rings (SSSR count). The Morgan fingerprint density at radius 1 is 1.19 bits per heavy atom. The van der Waals surface area contributed by atoms with Gasteiger partial charge in [0.15, 0.2) is 0 Å². The number of amides is 2. The molecule has 0 unspecified atom stereocenters. The monoisotopic (exact) mass is 400 g/mol. The molecule has 0 saturated carbocycles. The fourth-order valence-electron chi connectivity index (χ4n) is 2.35. The fourth-order valence-corrected chi connectivity index (χ4v) is 2.63. The number of methoxy groups -OCH3 is 1. The maximum atomic E-state index is 12.6. The van der Waals surface area contributed by atoms with Gasteiger partial charge in [-0.25, -0.2) is 0 Å². The second-order valence-electron chi connectivity index (χ2n) is 5.68. The molecule has 0 radical (unpaired) electrons. The number of carbonyl (C=O) groups excluding carboxylic acids is 2. The number of halogens is 4. The van der Waals surface area contributed by atoms with Gasteiger partial charge in [0.2, 0.25) is 5.91 Å². The number of hydrogen-bond donors (Lipinski definition) is 2. The first kappa shape index (κ1) is 20.6. The van der Waals surface area contributed by atoms with E-state index in [1.54, 1.807) is 18.2 Å². The number of nitrogens with two attached hydrogens (primary N) is 1. The van der Waals surface area contributed by atoms with Crippen molar-refractivity contribution in [3.63, 3.8) is 0 Å². The van der Waals surface area contributed by atoms with Gasteiger partial charge in [-0.15, -0.1) is 0 Å². The topological polar surface area (TPSA) is 81.4 Å². The van der Waals surface area contributed by atoms with E-state index in [1.807, 2.05) is 0 Å². The molecular weight excluding hydrogens is 385 g/mol. The van der Waals surface area contributed by atoms with Crippen LogP contribution in [0.4, 0.5) is 13.2 Å². The molecule has 0 aliphatic carbocycles. The van der Waals surface area contributed by atoms with Gasteiger partial charge >= 0.3 is 6.18 Å². The molecule has 0 aliphatic heterocycles. The van der Waals surface area contributed by atoms with Crippen LogP contribution < -0.4 is 15.8 Å². The summed E-state index contributed by atoms with van der Waals surface area (Å²) in [5, 5.41) is 2.74.